The zero-order valence-corrected chi connectivity index (χ0v) is 11.0. The molecule has 0 aliphatic carbocycles. The molecule has 2 heteroatoms. The van der Waals surface area contributed by atoms with Crippen LogP contribution in [0.25, 0.3) is 0 Å². The van der Waals surface area contributed by atoms with Crippen LogP contribution in [0.2, 0.25) is 0 Å². The summed E-state index contributed by atoms with van der Waals surface area (Å²) in [6.45, 7) is 3.46. The van der Waals surface area contributed by atoms with Crippen LogP contribution in [0, 0.1) is 0 Å². The van der Waals surface area contributed by atoms with E-state index in [-0.39, 0.29) is 17.0 Å². The highest BCUT2D eigenvalue weighted by Gasteiger charge is 1.89. The monoisotopic (exact) mass is 251 g/mol. The van der Waals surface area contributed by atoms with Gasteiger partial charge in [-0.05, 0) is 20.0 Å². The van der Waals surface area contributed by atoms with E-state index in [0.717, 1.165) is 0 Å². The lowest BCUT2D eigenvalue weighted by molar-refractivity contribution is 0.567. The van der Waals surface area contributed by atoms with E-state index in [1.807, 2.05) is 7.05 Å². The summed E-state index contributed by atoms with van der Waals surface area (Å²) in [5.74, 6) is 0. The zero-order chi connectivity index (χ0) is 9.07. The van der Waals surface area contributed by atoms with Gasteiger partial charge in [0.1, 0.15) is 0 Å². The van der Waals surface area contributed by atoms with Gasteiger partial charge in [-0.25, -0.2) is 0 Å². The van der Waals surface area contributed by atoms with Crippen molar-refractivity contribution in [2.24, 2.45) is 0 Å². The summed E-state index contributed by atoms with van der Waals surface area (Å²) in [6.07, 6.45) is 11.3. The molecule has 0 saturated carbocycles. The topological polar surface area (TPSA) is 12.0 Å². The van der Waals surface area contributed by atoms with Crippen LogP contribution in [0.15, 0.2) is 0 Å². The van der Waals surface area contributed by atoms with Gasteiger partial charge in [0.05, 0.1) is 0 Å². The molecule has 0 aromatic rings. The third-order valence-corrected chi connectivity index (χ3v) is 2.28. The third kappa shape index (κ3) is 15.2. The Morgan fingerprint density at radius 2 is 1.23 bits per heavy atom. The normalized spacial score (nSPS) is 9.69. The Labute approximate surface area is 94.5 Å². The summed E-state index contributed by atoms with van der Waals surface area (Å²) in [7, 11) is 2.03. The maximum Gasteiger partial charge on any atom is -0.00519 e. The molecule has 0 spiro atoms. The van der Waals surface area contributed by atoms with E-state index in [9.17, 15) is 0 Å². The van der Waals surface area contributed by atoms with Gasteiger partial charge in [-0.2, -0.15) is 0 Å². The smallest absolute Gasteiger partial charge is 0.00519 e. The van der Waals surface area contributed by atoms with Crippen molar-refractivity contribution in [2.75, 3.05) is 13.6 Å². The Kier molecular flexibility index (Phi) is 18.3. The zero-order valence-electron chi connectivity index (χ0n) is 9.27. The number of hydrogen-bond acceptors (Lipinski definition) is 1. The van der Waals surface area contributed by atoms with E-state index in [1.54, 1.807) is 0 Å². The summed E-state index contributed by atoms with van der Waals surface area (Å²) in [4.78, 5) is 0. The second kappa shape index (κ2) is 14.9. The molecular weight excluding hydrogens is 226 g/mol. The van der Waals surface area contributed by atoms with E-state index in [1.165, 1.54) is 57.9 Å². The fraction of sp³-hybridized carbons (Fsp3) is 1.00. The Bertz CT molecular complexity index is 66.5. The van der Waals surface area contributed by atoms with Crippen molar-refractivity contribution in [3.63, 3.8) is 0 Å². The van der Waals surface area contributed by atoms with Crippen LogP contribution >= 0.6 is 17.0 Å². The molecule has 0 atom stereocenters. The molecule has 0 radical (unpaired) electrons. The maximum absolute atomic E-state index is 3.18. The Balaban J connectivity index is 0. The fourth-order valence-corrected chi connectivity index (χ4v) is 1.44. The summed E-state index contributed by atoms with van der Waals surface area (Å²) in [5.41, 5.74) is 0. The largest absolute Gasteiger partial charge is 0.320 e. The number of hydrogen-bond donors (Lipinski definition) is 1. The highest BCUT2D eigenvalue weighted by Crippen LogP contribution is 2.07. The minimum Gasteiger partial charge on any atom is -0.320 e. The molecule has 0 saturated heterocycles. The number of nitrogens with one attached hydrogen (secondary N) is 1. The van der Waals surface area contributed by atoms with Crippen molar-refractivity contribution in [3.05, 3.63) is 0 Å². The summed E-state index contributed by atoms with van der Waals surface area (Å²) < 4.78 is 0. The first-order valence-electron chi connectivity index (χ1n) is 5.56. The molecule has 13 heavy (non-hydrogen) atoms. The van der Waals surface area contributed by atoms with Crippen LogP contribution in [0.4, 0.5) is 0 Å². The first-order valence-corrected chi connectivity index (χ1v) is 5.56. The second-order valence-corrected chi connectivity index (χ2v) is 3.58. The van der Waals surface area contributed by atoms with Crippen molar-refractivity contribution in [3.8, 4) is 0 Å². The molecule has 0 aromatic carbocycles. The van der Waals surface area contributed by atoms with Crippen LogP contribution in [0.3, 0.4) is 0 Å². The molecule has 1 N–H and O–H groups in total. The highest BCUT2D eigenvalue weighted by molar-refractivity contribution is 8.93. The van der Waals surface area contributed by atoms with Crippen molar-refractivity contribution in [1.82, 2.24) is 5.32 Å². The minimum atomic E-state index is 0. The molecule has 0 aliphatic heterocycles. The Morgan fingerprint density at radius 1 is 0.769 bits per heavy atom. The molecule has 0 fully saturated rings. The number of unbranched alkanes of at least 4 members (excludes halogenated alkanes) is 7. The molecule has 0 rings (SSSR count). The molecule has 0 heterocycles. The predicted octanol–water partition coefficient (Wildman–Crippen LogP) is 3.92. The molecule has 0 unspecified atom stereocenters. The summed E-state index contributed by atoms with van der Waals surface area (Å²) >= 11 is 0. The lowest BCUT2D eigenvalue weighted by atomic mass is 10.1. The van der Waals surface area contributed by atoms with Crippen molar-refractivity contribution >= 4 is 17.0 Å². The van der Waals surface area contributed by atoms with Gasteiger partial charge in [0, 0.05) is 0 Å². The number of halogens is 1. The van der Waals surface area contributed by atoms with Gasteiger partial charge in [0.25, 0.3) is 0 Å². The van der Waals surface area contributed by atoms with Gasteiger partial charge in [0.2, 0.25) is 0 Å². The van der Waals surface area contributed by atoms with E-state index >= 15 is 0 Å². The Morgan fingerprint density at radius 3 is 1.69 bits per heavy atom. The van der Waals surface area contributed by atoms with Gasteiger partial charge in [-0.1, -0.05) is 51.9 Å². The highest BCUT2D eigenvalue weighted by atomic mass is 79.9. The van der Waals surface area contributed by atoms with Gasteiger partial charge in [-0.15, -0.1) is 17.0 Å². The van der Waals surface area contributed by atoms with Crippen LogP contribution in [-0.4, -0.2) is 13.6 Å². The second-order valence-electron chi connectivity index (χ2n) is 3.58. The van der Waals surface area contributed by atoms with Crippen molar-refractivity contribution in [2.45, 2.75) is 58.3 Å². The van der Waals surface area contributed by atoms with Gasteiger partial charge >= 0.3 is 0 Å². The number of rotatable bonds is 9. The Hall–Kier alpha value is 0.440. The first-order chi connectivity index (χ1) is 5.91. The van der Waals surface area contributed by atoms with Gasteiger partial charge in [0.15, 0.2) is 0 Å². The lowest BCUT2D eigenvalue weighted by Crippen LogP contribution is -2.06. The van der Waals surface area contributed by atoms with Crippen LogP contribution in [0.1, 0.15) is 58.3 Å². The standard InChI is InChI=1S/C11H25N.BrH/c1-3-4-5-6-7-8-9-10-11-12-2;/h12H,3-11H2,1-2H3;1H. The molecule has 0 amide bonds. The van der Waals surface area contributed by atoms with E-state index in [0.29, 0.717) is 0 Å². The van der Waals surface area contributed by atoms with E-state index < -0.39 is 0 Å². The van der Waals surface area contributed by atoms with Crippen molar-refractivity contribution in [1.29, 1.82) is 0 Å². The van der Waals surface area contributed by atoms with Crippen LogP contribution < -0.4 is 5.32 Å². The average Bonchev–Trinajstić information content (AvgIpc) is 2.10. The summed E-state index contributed by atoms with van der Waals surface area (Å²) in [6, 6.07) is 0. The lowest BCUT2D eigenvalue weighted by Gasteiger charge is -2.00. The molecule has 0 bridgehead atoms. The molecule has 0 aliphatic rings. The maximum atomic E-state index is 3.18. The van der Waals surface area contributed by atoms with Crippen molar-refractivity contribution < 1.29 is 0 Å². The van der Waals surface area contributed by atoms with E-state index in [2.05, 4.69) is 12.2 Å². The molecular formula is C11H26BrN. The minimum absolute atomic E-state index is 0. The molecule has 0 aromatic heterocycles. The molecule has 1 nitrogen and oxygen atoms in total. The SMILES string of the molecule is Br.CCCCCCCCCCNC. The predicted molar refractivity (Wildman–Crippen MR) is 66.9 cm³/mol. The summed E-state index contributed by atoms with van der Waals surface area (Å²) in [5, 5.41) is 3.18. The van der Waals surface area contributed by atoms with Gasteiger partial charge < -0.3 is 5.32 Å². The van der Waals surface area contributed by atoms with E-state index in [4.69, 9.17) is 0 Å². The average molecular weight is 252 g/mol. The van der Waals surface area contributed by atoms with Crippen LogP contribution in [-0.2, 0) is 0 Å². The third-order valence-electron chi connectivity index (χ3n) is 2.28. The quantitative estimate of drug-likeness (QED) is 0.613. The van der Waals surface area contributed by atoms with Crippen LogP contribution in [0.5, 0.6) is 0 Å². The fourth-order valence-electron chi connectivity index (χ4n) is 1.44. The van der Waals surface area contributed by atoms with Gasteiger partial charge in [-0.3, -0.25) is 0 Å². The first kappa shape index (κ1) is 15.9. The molecule has 82 valence electrons.